The molecule has 0 saturated carbocycles. The number of rotatable bonds is 6. The number of fused-ring (bicyclic) bond motifs is 1. The lowest BCUT2D eigenvalue weighted by atomic mass is 9.90. The molecule has 34 heavy (non-hydrogen) atoms. The van der Waals surface area contributed by atoms with E-state index in [0.29, 0.717) is 29.9 Å². The van der Waals surface area contributed by atoms with E-state index in [1.807, 2.05) is 42.2 Å². The first-order valence-corrected chi connectivity index (χ1v) is 11.9. The summed E-state index contributed by atoms with van der Waals surface area (Å²) >= 11 is 0. The maximum absolute atomic E-state index is 13.0. The third kappa shape index (κ3) is 4.64. The number of nitrogens with zero attached hydrogens (tertiary/aromatic N) is 5. The van der Waals surface area contributed by atoms with Gasteiger partial charge in [0.15, 0.2) is 5.65 Å². The minimum Gasteiger partial charge on any atom is -0.343 e. The van der Waals surface area contributed by atoms with Crippen LogP contribution in [0.15, 0.2) is 71.9 Å². The maximum Gasteiger partial charge on any atom is 0.264 e. The van der Waals surface area contributed by atoms with Gasteiger partial charge >= 0.3 is 0 Å². The molecule has 0 bridgehead atoms. The fourth-order valence-electron chi connectivity index (χ4n) is 4.69. The molecule has 1 amide bonds. The zero-order valence-corrected chi connectivity index (χ0v) is 19.4. The Morgan fingerprint density at radius 1 is 1.03 bits per heavy atom. The van der Waals surface area contributed by atoms with Crippen molar-refractivity contribution in [2.75, 3.05) is 13.1 Å². The van der Waals surface area contributed by atoms with E-state index in [9.17, 15) is 9.59 Å². The van der Waals surface area contributed by atoms with Crippen LogP contribution in [0.4, 0.5) is 0 Å². The molecule has 2 aromatic heterocycles. The molecule has 0 atom stereocenters. The van der Waals surface area contributed by atoms with Crippen molar-refractivity contribution in [3.63, 3.8) is 0 Å². The van der Waals surface area contributed by atoms with Crippen LogP contribution in [0.5, 0.6) is 0 Å². The monoisotopic (exact) mass is 455 g/mol. The number of piperidine rings is 1. The van der Waals surface area contributed by atoms with Crippen molar-refractivity contribution in [3.05, 3.63) is 88.6 Å². The summed E-state index contributed by atoms with van der Waals surface area (Å²) in [6.45, 7) is 3.91. The molecular formula is C27H29N5O2. The van der Waals surface area contributed by atoms with Gasteiger partial charge in [-0.2, -0.15) is 5.10 Å². The molecule has 0 aliphatic carbocycles. The van der Waals surface area contributed by atoms with Crippen molar-refractivity contribution in [3.8, 4) is 5.69 Å². The Balaban J connectivity index is 1.20. The molecular weight excluding hydrogens is 426 g/mol. The van der Waals surface area contributed by atoms with Crippen LogP contribution in [0, 0.1) is 12.8 Å². The van der Waals surface area contributed by atoms with Gasteiger partial charge in [0.05, 0.1) is 18.2 Å². The van der Waals surface area contributed by atoms with E-state index >= 15 is 0 Å². The Morgan fingerprint density at radius 3 is 2.50 bits per heavy atom. The number of likely N-dealkylation sites (tertiary alicyclic amines) is 1. The molecule has 2 aromatic carbocycles. The second-order valence-electron chi connectivity index (χ2n) is 9.14. The summed E-state index contributed by atoms with van der Waals surface area (Å²) in [5.74, 6) is 0.714. The van der Waals surface area contributed by atoms with Gasteiger partial charge in [0.2, 0.25) is 5.91 Å². The third-order valence-electron chi connectivity index (χ3n) is 6.73. The fraction of sp³-hybridized carbons (Fsp3) is 0.333. The highest BCUT2D eigenvalue weighted by Crippen LogP contribution is 2.22. The predicted octanol–water partition coefficient (Wildman–Crippen LogP) is 3.76. The molecule has 0 unspecified atom stereocenters. The average Bonchev–Trinajstić information content (AvgIpc) is 3.30. The van der Waals surface area contributed by atoms with Gasteiger partial charge in [-0.05, 0) is 49.8 Å². The summed E-state index contributed by atoms with van der Waals surface area (Å²) in [7, 11) is 0. The van der Waals surface area contributed by atoms with E-state index in [0.717, 1.165) is 43.6 Å². The van der Waals surface area contributed by atoms with Crippen molar-refractivity contribution < 1.29 is 4.79 Å². The van der Waals surface area contributed by atoms with Gasteiger partial charge in [0, 0.05) is 26.1 Å². The molecule has 0 spiro atoms. The first kappa shape index (κ1) is 22.1. The summed E-state index contributed by atoms with van der Waals surface area (Å²) in [5.41, 5.74) is 3.73. The number of amides is 1. The molecule has 5 rings (SSSR count). The van der Waals surface area contributed by atoms with Gasteiger partial charge in [0.25, 0.3) is 5.56 Å². The molecule has 1 fully saturated rings. The Bertz CT molecular complexity index is 1330. The van der Waals surface area contributed by atoms with E-state index in [-0.39, 0.29) is 11.5 Å². The highest BCUT2D eigenvalue weighted by Gasteiger charge is 2.23. The number of carbonyl (C=O) groups is 1. The quantitative estimate of drug-likeness (QED) is 0.444. The van der Waals surface area contributed by atoms with Crippen LogP contribution >= 0.6 is 0 Å². The molecule has 1 aliphatic heterocycles. The van der Waals surface area contributed by atoms with Gasteiger partial charge in [-0.3, -0.25) is 14.2 Å². The van der Waals surface area contributed by atoms with Crippen molar-refractivity contribution in [2.24, 2.45) is 5.92 Å². The van der Waals surface area contributed by atoms with Crippen molar-refractivity contribution in [1.82, 2.24) is 24.2 Å². The Kier molecular flexibility index (Phi) is 6.25. The second kappa shape index (κ2) is 9.63. The number of benzene rings is 2. The second-order valence-corrected chi connectivity index (χ2v) is 9.14. The Labute approximate surface area is 198 Å². The van der Waals surface area contributed by atoms with Crippen molar-refractivity contribution >= 4 is 16.9 Å². The summed E-state index contributed by atoms with van der Waals surface area (Å²) in [5, 5.41) is 4.82. The first-order chi connectivity index (χ1) is 16.6. The normalized spacial score (nSPS) is 14.6. The SMILES string of the molecule is Cc1ccc(-n2ncc3c(=O)n(CCC(=O)N4CCC(Cc5ccccc5)CC4)cnc32)cc1. The number of hydrogen-bond donors (Lipinski definition) is 0. The lowest BCUT2D eigenvalue weighted by molar-refractivity contribution is -0.132. The molecule has 3 heterocycles. The molecule has 1 aliphatic rings. The van der Waals surface area contributed by atoms with Gasteiger partial charge in [-0.15, -0.1) is 0 Å². The van der Waals surface area contributed by atoms with E-state index in [1.165, 1.54) is 16.5 Å². The number of aryl methyl sites for hydroxylation is 2. The highest BCUT2D eigenvalue weighted by molar-refractivity contribution is 5.77. The predicted molar refractivity (Wildman–Crippen MR) is 132 cm³/mol. The van der Waals surface area contributed by atoms with E-state index in [4.69, 9.17) is 0 Å². The molecule has 0 radical (unpaired) electrons. The Hall–Kier alpha value is -3.74. The molecule has 1 saturated heterocycles. The summed E-state index contributed by atoms with van der Waals surface area (Å²) < 4.78 is 3.19. The largest absolute Gasteiger partial charge is 0.343 e. The number of hydrogen-bond acceptors (Lipinski definition) is 4. The van der Waals surface area contributed by atoms with Crippen LogP contribution in [0.25, 0.3) is 16.7 Å². The van der Waals surface area contributed by atoms with E-state index in [2.05, 4.69) is 34.3 Å². The highest BCUT2D eigenvalue weighted by atomic mass is 16.2. The average molecular weight is 456 g/mol. The molecule has 174 valence electrons. The van der Waals surface area contributed by atoms with Crippen LogP contribution in [0.1, 0.15) is 30.4 Å². The van der Waals surface area contributed by atoms with E-state index < -0.39 is 0 Å². The molecule has 4 aromatic rings. The smallest absolute Gasteiger partial charge is 0.264 e. The zero-order valence-electron chi connectivity index (χ0n) is 19.4. The first-order valence-electron chi connectivity index (χ1n) is 11.9. The minimum atomic E-state index is -0.169. The van der Waals surface area contributed by atoms with Gasteiger partial charge in [0.1, 0.15) is 5.39 Å². The van der Waals surface area contributed by atoms with Crippen LogP contribution in [-0.2, 0) is 17.8 Å². The standard InChI is InChI=1S/C27H29N5O2/c1-20-7-9-23(10-8-20)32-26-24(18-29-32)27(34)31(19-28-26)16-13-25(33)30-14-11-22(12-15-30)17-21-5-3-2-4-6-21/h2-10,18-19,22H,11-17H2,1H3. The number of carbonyl (C=O) groups excluding carboxylic acids is 1. The van der Waals surface area contributed by atoms with E-state index in [1.54, 1.807) is 10.9 Å². The lowest BCUT2D eigenvalue weighted by Crippen LogP contribution is -2.39. The summed E-state index contributed by atoms with van der Waals surface area (Å²) in [4.78, 5) is 32.2. The lowest BCUT2D eigenvalue weighted by Gasteiger charge is -2.32. The minimum absolute atomic E-state index is 0.0977. The van der Waals surface area contributed by atoms with Gasteiger partial charge in [-0.1, -0.05) is 48.0 Å². The van der Waals surface area contributed by atoms with Gasteiger partial charge < -0.3 is 4.90 Å². The molecule has 7 nitrogen and oxygen atoms in total. The molecule has 0 N–H and O–H groups in total. The third-order valence-corrected chi connectivity index (χ3v) is 6.73. The summed E-state index contributed by atoms with van der Waals surface area (Å²) in [6, 6.07) is 18.5. The number of aromatic nitrogens is 4. The van der Waals surface area contributed by atoms with Crippen LogP contribution in [-0.4, -0.2) is 43.2 Å². The Morgan fingerprint density at radius 2 is 1.76 bits per heavy atom. The van der Waals surface area contributed by atoms with Crippen LogP contribution in [0.3, 0.4) is 0 Å². The topological polar surface area (TPSA) is 73.0 Å². The van der Waals surface area contributed by atoms with Crippen molar-refractivity contribution in [1.29, 1.82) is 0 Å². The summed E-state index contributed by atoms with van der Waals surface area (Å²) in [6.07, 6.45) is 6.48. The van der Waals surface area contributed by atoms with Crippen LogP contribution < -0.4 is 5.56 Å². The van der Waals surface area contributed by atoms with Crippen LogP contribution in [0.2, 0.25) is 0 Å². The van der Waals surface area contributed by atoms with Gasteiger partial charge in [-0.25, -0.2) is 9.67 Å². The maximum atomic E-state index is 13.0. The zero-order chi connectivity index (χ0) is 23.5. The molecule has 7 heteroatoms. The van der Waals surface area contributed by atoms with Crippen molar-refractivity contribution in [2.45, 2.75) is 39.2 Å². The fourth-order valence-corrected chi connectivity index (χ4v) is 4.69.